The summed E-state index contributed by atoms with van der Waals surface area (Å²) >= 11 is 0. The van der Waals surface area contributed by atoms with Crippen LogP contribution in [0.25, 0.3) is 0 Å². The Morgan fingerprint density at radius 2 is 1.86 bits per heavy atom. The maximum Gasteiger partial charge on any atom is 0.220 e. The molecule has 0 saturated heterocycles. The van der Waals surface area contributed by atoms with Crippen molar-refractivity contribution in [2.45, 2.75) is 46.0 Å². The van der Waals surface area contributed by atoms with Crippen LogP contribution in [0.2, 0.25) is 0 Å². The number of methoxy groups -OCH3 is 2. The molecule has 1 unspecified atom stereocenters. The smallest absolute Gasteiger partial charge is 0.220 e. The number of rotatable bonds is 5. The van der Waals surface area contributed by atoms with Crippen molar-refractivity contribution in [3.8, 4) is 11.5 Å². The number of carbonyl (C=O) groups excluding carboxylic acids is 1. The van der Waals surface area contributed by atoms with Crippen LogP contribution in [0.5, 0.6) is 11.5 Å². The zero-order chi connectivity index (χ0) is 16.3. The summed E-state index contributed by atoms with van der Waals surface area (Å²) < 4.78 is 10.7. The quantitative estimate of drug-likeness (QED) is 0.908. The molecule has 0 spiro atoms. The van der Waals surface area contributed by atoms with Gasteiger partial charge in [0, 0.05) is 18.9 Å². The van der Waals surface area contributed by atoms with Gasteiger partial charge in [-0.3, -0.25) is 4.79 Å². The molecule has 1 aromatic rings. The van der Waals surface area contributed by atoms with E-state index in [0.29, 0.717) is 18.9 Å². The van der Waals surface area contributed by atoms with E-state index in [0.717, 1.165) is 24.3 Å². The maximum absolute atomic E-state index is 12.0. The minimum absolute atomic E-state index is 0.0221. The van der Waals surface area contributed by atoms with Crippen LogP contribution in [-0.4, -0.2) is 26.7 Å². The Kier molecular flexibility index (Phi) is 4.99. The van der Waals surface area contributed by atoms with Gasteiger partial charge in [0.1, 0.15) is 0 Å². The Balaban J connectivity index is 2.04. The predicted octanol–water partition coefficient (Wildman–Crippen LogP) is 3.29. The first-order valence-corrected chi connectivity index (χ1v) is 7.85. The lowest BCUT2D eigenvalue weighted by Crippen LogP contribution is -2.30. The monoisotopic (exact) mass is 305 g/mol. The minimum Gasteiger partial charge on any atom is -0.493 e. The van der Waals surface area contributed by atoms with Crippen molar-refractivity contribution in [3.05, 3.63) is 23.3 Å². The van der Waals surface area contributed by atoms with Gasteiger partial charge in [-0.25, -0.2) is 0 Å². The van der Waals surface area contributed by atoms with Crippen LogP contribution in [0.4, 0.5) is 0 Å². The molecule has 0 fully saturated rings. The van der Waals surface area contributed by atoms with Gasteiger partial charge in [-0.2, -0.15) is 0 Å². The van der Waals surface area contributed by atoms with Crippen molar-refractivity contribution in [1.29, 1.82) is 0 Å². The molecule has 122 valence electrons. The second kappa shape index (κ2) is 6.59. The minimum atomic E-state index is 0.0221. The summed E-state index contributed by atoms with van der Waals surface area (Å²) in [6.45, 7) is 6.93. The topological polar surface area (TPSA) is 47.6 Å². The Morgan fingerprint density at radius 3 is 2.45 bits per heavy atom. The zero-order valence-corrected chi connectivity index (χ0v) is 14.3. The molecule has 4 nitrogen and oxygen atoms in total. The Labute approximate surface area is 133 Å². The summed E-state index contributed by atoms with van der Waals surface area (Å²) in [7, 11) is 3.31. The molecule has 0 saturated carbocycles. The SMILES string of the molecule is COc1cc2c(cc1OC)C(CNC(=O)CC(C)(C)C)CC2. The molecule has 0 aliphatic heterocycles. The van der Waals surface area contributed by atoms with Crippen LogP contribution in [0.15, 0.2) is 12.1 Å². The Bertz CT molecular complexity index is 546. The number of aryl methyl sites for hydroxylation is 1. The average Bonchev–Trinajstić information content (AvgIpc) is 2.83. The molecule has 1 aliphatic carbocycles. The molecular formula is C18H27NO3. The molecular weight excluding hydrogens is 278 g/mol. The van der Waals surface area contributed by atoms with E-state index in [-0.39, 0.29) is 11.3 Å². The number of hydrogen-bond donors (Lipinski definition) is 1. The first kappa shape index (κ1) is 16.7. The third-order valence-corrected chi connectivity index (χ3v) is 4.08. The van der Waals surface area contributed by atoms with E-state index in [9.17, 15) is 4.79 Å². The van der Waals surface area contributed by atoms with E-state index in [1.807, 2.05) is 0 Å². The van der Waals surface area contributed by atoms with E-state index in [1.165, 1.54) is 11.1 Å². The van der Waals surface area contributed by atoms with Crippen LogP contribution in [0, 0.1) is 5.41 Å². The van der Waals surface area contributed by atoms with Crippen molar-refractivity contribution in [2.75, 3.05) is 20.8 Å². The summed E-state index contributed by atoms with van der Waals surface area (Å²) in [6.07, 6.45) is 2.63. The fraction of sp³-hybridized carbons (Fsp3) is 0.611. The lowest BCUT2D eigenvalue weighted by molar-refractivity contribution is -0.122. The van der Waals surface area contributed by atoms with E-state index < -0.39 is 0 Å². The van der Waals surface area contributed by atoms with Gasteiger partial charge >= 0.3 is 0 Å². The summed E-state index contributed by atoms with van der Waals surface area (Å²) in [5.74, 6) is 2.02. The van der Waals surface area contributed by atoms with Gasteiger partial charge in [0.25, 0.3) is 0 Å². The van der Waals surface area contributed by atoms with E-state index in [4.69, 9.17) is 9.47 Å². The maximum atomic E-state index is 12.0. The first-order chi connectivity index (χ1) is 10.3. The average molecular weight is 305 g/mol. The van der Waals surface area contributed by atoms with E-state index in [1.54, 1.807) is 14.2 Å². The summed E-state index contributed by atoms with van der Waals surface area (Å²) in [6, 6.07) is 4.12. The molecule has 4 heteroatoms. The van der Waals surface area contributed by atoms with Gasteiger partial charge in [-0.15, -0.1) is 0 Å². The van der Waals surface area contributed by atoms with Crippen LogP contribution in [-0.2, 0) is 11.2 Å². The van der Waals surface area contributed by atoms with Crippen molar-refractivity contribution in [2.24, 2.45) is 5.41 Å². The molecule has 0 aromatic heterocycles. The second-order valence-corrected chi connectivity index (χ2v) is 7.18. The Hall–Kier alpha value is -1.71. The molecule has 1 aliphatic rings. The third kappa shape index (κ3) is 3.93. The lowest BCUT2D eigenvalue weighted by atomic mass is 9.92. The highest BCUT2D eigenvalue weighted by molar-refractivity contribution is 5.76. The normalized spacial score (nSPS) is 17.0. The fourth-order valence-electron chi connectivity index (χ4n) is 3.01. The molecule has 2 rings (SSSR count). The molecule has 0 bridgehead atoms. The predicted molar refractivity (Wildman–Crippen MR) is 87.7 cm³/mol. The van der Waals surface area contributed by atoms with Gasteiger partial charge in [0.05, 0.1) is 14.2 Å². The molecule has 1 N–H and O–H groups in total. The summed E-state index contributed by atoms with van der Waals surface area (Å²) in [5.41, 5.74) is 2.59. The van der Waals surface area contributed by atoms with Gasteiger partial charge in [0.2, 0.25) is 5.91 Å². The molecule has 1 aromatic carbocycles. The number of hydrogen-bond acceptors (Lipinski definition) is 3. The van der Waals surface area contributed by atoms with Crippen LogP contribution < -0.4 is 14.8 Å². The molecule has 1 atom stereocenters. The molecule has 0 radical (unpaired) electrons. The van der Waals surface area contributed by atoms with Crippen LogP contribution in [0.1, 0.15) is 50.7 Å². The summed E-state index contributed by atoms with van der Waals surface area (Å²) in [4.78, 5) is 12.0. The lowest BCUT2D eigenvalue weighted by Gasteiger charge is -2.19. The second-order valence-electron chi connectivity index (χ2n) is 7.18. The number of fused-ring (bicyclic) bond motifs is 1. The van der Waals surface area contributed by atoms with E-state index >= 15 is 0 Å². The molecule has 0 heterocycles. The van der Waals surface area contributed by atoms with E-state index in [2.05, 4.69) is 38.2 Å². The molecule has 22 heavy (non-hydrogen) atoms. The standard InChI is InChI=1S/C18H27NO3/c1-18(2,3)10-17(20)19-11-13-7-6-12-8-15(21-4)16(22-5)9-14(12)13/h8-9,13H,6-7,10-11H2,1-5H3,(H,19,20). The molecule has 1 amide bonds. The highest BCUT2D eigenvalue weighted by atomic mass is 16.5. The number of amides is 1. The van der Waals surface area contributed by atoms with Crippen molar-refractivity contribution in [3.63, 3.8) is 0 Å². The highest BCUT2D eigenvalue weighted by Crippen LogP contribution is 2.40. The first-order valence-electron chi connectivity index (χ1n) is 7.85. The van der Waals surface area contributed by atoms with Gasteiger partial charge < -0.3 is 14.8 Å². The Morgan fingerprint density at radius 1 is 1.23 bits per heavy atom. The van der Waals surface area contributed by atoms with Crippen molar-refractivity contribution >= 4 is 5.91 Å². The third-order valence-electron chi connectivity index (χ3n) is 4.08. The van der Waals surface area contributed by atoms with Gasteiger partial charge in [-0.05, 0) is 41.5 Å². The van der Waals surface area contributed by atoms with Crippen molar-refractivity contribution < 1.29 is 14.3 Å². The number of nitrogens with one attached hydrogen (secondary N) is 1. The summed E-state index contributed by atoms with van der Waals surface area (Å²) in [5, 5.41) is 3.08. The van der Waals surface area contributed by atoms with Gasteiger partial charge in [-0.1, -0.05) is 20.8 Å². The zero-order valence-electron chi connectivity index (χ0n) is 14.3. The largest absolute Gasteiger partial charge is 0.493 e. The van der Waals surface area contributed by atoms with Crippen LogP contribution >= 0.6 is 0 Å². The number of benzene rings is 1. The number of carbonyl (C=O) groups is 1. The van der Waals surface area contributed by atoms with Crippen molar-refractivity contribution in [1.82, 2.24) is 5.32 Å². The van der Waals surface area contributed by atoms with Crippen LogP contribution in [0.3, 0.4) is 0 Å². The van der Waals surface area contributed by atoms with Gasteiger partial charge in [0.15, 0.2) is 11.5 Å². The fourth-order valence-corrected chi connectivity index (χ4v) is 3.01. The highest BCUT2D eigenvalue weighted by Gasteiger charge is 2.26. The number of ether oxygens (including phenoxy) is 2.